The lowest BCUT2D eigenvalue weighted by molar-refractivity contribution is 0.643. The molecule has 0 fully saturated rings. The van der Waals surface area contributed by atoms with Gasteiger partial charge in [-0.1, -0.05) is 185 Å². The van der Waals surface area contributed by atoms with Gasteiger partial charge in [-0.25, -0.2) is 0 Å². The third kappa shape index (κ3) is 6.22. The third-order valence-corrected chi connectivity index (χ3v) is 18.0. The van der Waals surface area contributed by atoms with Crippen LogP contribution in [0.1, 0.15) is 49.9 Å². The van der Waals surface area contributed by atoms with Gasteiger partial charge >= 0.3 is 0 Å². The van der Waals surface area contributed by atoms with Gasteiger partial charge < -0.3 is 9.47 Å². The minimum atomic E-state index is -0.161. The van der Waals surface area contributed by atoms with Crippen molar-refractivity contribution in [2.75, 3.05) is 4.90 Å². The van der Waals surface area contributed by atoms with E-state index < -0.39 is 0 Å². The number of fused-ring (bicyclic) bond motifs is 12. The molecule has 334 valence electrons. The molecule has 0 N–H and O–H groups in total. The molecule has 0 radical (unpaired) electrons. The Bertz CT molecular complexity index is 3920. The quantitative estimate of drug-likeness (QED) is 0.164. The first-order valence-corrected chi connectivity index (χ1v) is 26.0. The van der Waals surface area contributed by atoms with Crippen LogP contribution in [-0.4, -0.2) is 4.57 Å². The summed E-state index contributed by atoms with van der Waals surface area (Å²) >= 11 is 3.85. The highest BCUT2D eigenvalue weighted by molar-refractivity contribution is 8.05. The molecule has 14 rings (SSSR count). The second kappa shape index (κ2) is 15.5. The van der Waals surface area contributed by atoms with Crippen molar-refractivity contribution in [2.45, 2.75) is 58.1 Å². The van der Waals surface area contributed by atoms with Gasteiger partial charge in [0.2, 0.25) is 0 Å². The van der Waals surface area contributed by atoms with Crippen molar-refractivity contribution in [1.29, 1.82) is 0 Å². The third-order valence-electron chi connectivity index (χ3n) is 15.4. The van der Waals surface area contributed by atoms with Crippen LogP contribution in [0.25, 0.3) is 72.0 Å². The van der Waals surface area contributed by atoms with Crippen LogP contribution in [-0.2, 0) is 10.8 Å². The van der Waals surface area contributed by atoms with Crippen molar-refractivity contribution in [3.05, 3.63) is 241 Å². The van der Waals surface area contributed by atoms with Crippen LogP contribution in [0, 0.1) is 0 Å². The number of nitrogens with zero attached hydrogens (tertiary/aromatic N) is 2. The molecule has 2 heterocycles. The van der Waals surface area contributed by atoms with E-state index in [1.807, 2.05) is 23.5 Å². The van der Waals surface area contributed by atoms with Crippen LogP contribution < -0.4 is 4.90 Å². The van der Waals surface area contributed by atoms with E-state index in [1.165, 1.54) is 108 Å². The lowest BCUT2D eigenvalue weighted by atomic mass is 9.82. The molecular formula is C66H48N2S2. The lowest BCUT2D eigenvalue weighted by Gasteiger charge is -2.28. The van der Waals surface area contributed by atoms with E-state index in [0.717, 1.165) is 22.7 Å². The number of para-hydroxylation sites is 1. The van der Waals surface area contributed by atoms with E-state index >= 15 is 0 Å². The van der Waals surface area contributed by atoms with Crippen molar-refractivity contribution in [3.63, 3.8) is 0 Å². The van der Waals surface area contributed by atoms with Crippen LogP contribution in [0.5, 0.6) is 0 Å². The molecule has 11 aromatic rings. The number of hydrogen-bond acceptors (Lipinski definition) is 3. The fraction of sp³-hybridized carbons (Fsp3) is 0.0909. The van der Waals surface area contributed by atoms with E-state index in [1.54, 1.807) is 0 Å². The zero-order chi connectivity index (χ0) is 46.9. The molecule has 10 aromatic carbocycles. The van der Waals surface area contributed by atoms with Gasteiger partial charge in [0.1, 0.15) is 0 Å². The predicted molar refractivity (Wildman–Crippen MR) is 296 cm³/mol. The van der Waals surface area contributed by atoms with Crippen LogP contribution in [0.3, 0.4) is 0 Å². The smallest absolute Gasteiger partial charge is 0.0544 e. The standard InChI is InChI=1S/C66H48N2S2/c1-65(2)55-18-10-8-16-49(55)50-35-34-48(38-56(50)65)67(45-28-22-42(23-29-45)41-14-6-5-7-15-41)46-30-24-43(25-31-46)44-26-32-47(33-27-44)68-58-19-11-9-17-51(58)54-39-53-52-36-37-62-64(70-61-21-13-12-20-60(61)69-62)63(52)66(3,4)57(53)40-59(54)68/h5-40H,1-4H3. The number of aromatic nitrogens is 1. The molecule has 0 bridgehead atoms. The Labute approximate surface area is 418 Å². The largest absolute Gasteiger partial charge is 0.310 e. The maximum Gasteiger partial charge on any atom is 0.0544 e. The number of anilines is 3. The molecule has 0 unspecified atom stereocenters. The summed E-state index contributed by atoms with van der Waals surface area (Å²) in [7, 11) is 0. The van der Waals surface area contributed by atoms with Crippen LogP contribution in [0.15, 0.2) is 238 Å². The Morgan fingerprint density at radius 1 is 0.357 bits per heavy atom. The fourth-order valence-electron chi connectivity index (χ4n) is 11.9. The molecular weight excluding hydrogens is 885 g/mol. The molecule has 0 saturated heterocycles. The molecule has 3 aliphatic rings. The summed E-state index contributed by atoms with van der Waals surface area (Å²) in [6.07, 6.45) is 0. The lowest BCUT2D eigenvalue weighted by Crippen LogP contribution is -2.17. The van der Waals surface area contributed by atoms with Gasteiger partial charge in [-0.05, 0) is 152 Å². The SMILES string of the molecule is CC1(C)c2ccccc2-c2ccc(N(c3ccc(-c4ccccc4)cc3)c3ccc(-c4ccc(-n5c6ccccc6c6cc7c(cc65)C(C)(C)c5c-7ccc6c5Sc5ccccc5S6)cc4)cc3)cc21. The maximum absolute atomic E-state index is 2.50. The van der Waals surface area contributed by atoms with Crippen LogP contribution in [0.4, 0.5) is 17.1 Å². The Balaban J connectivity index is 0.822. The van der Waals surface area contributed by atoms with E-state index in [4.69, 9.17) is 0 Å². The highest BCUT2D eigenvalue weighted by Gasteiger charge is 2.41. The van der Waals surface area contributed by atoms with Gasteiger partial charge in [0, 0.05) is 63.9 Å². The average molecular weight is 933 g/mol. The molecule has 70 heavy (non-hydrogen) atoms. The number of rotatable bonds is 6. The molecule has 1 aromatic heterocycles. The molecule has 0 spiro atoms. The Kier molecular flexibility index (Phi) is 9.18. The second-order valence-corrected chi connectivity index (χ2v) is 22.2. The van der Waals surface area contributed by atoms with Gasteiger partial charge in [-0.15, -0.1) is 0 Å². The van der Waals surface area contributed by atoms with Gasteiger partial charge in [0.15, 0.2) is 0 Å². The zero-order valence-corrected chi connectivity index (χ0v) is 41.1. The Hall–Kier alpha value is -7.50. The average Bonchev–Trinajstić information content (AvgIpc) is 3.94. The Morgan fingerprint density at radius 3 is 1.64 bits per heavy atom. The molecule has 0 atom stereocenters. The Morgan fingerprint density at radius 2 is 0.914 bits per heavy atom. The van der Waals surface area contributed by atoms with Gasteiger partial charge in [0.25, 0.3) is 0 Å². The van der Waals surface area contributed by atoms with Crippen molar-refractivity contribution in [2.24, 2.45) is 0 Å². The van der Waals surface area contributed by atoms with Crippen molar-refractivity contribution in [3.8, 4) is 50.2 Å². The van der Waals surface area contributed by atoms with E-state index in [2.05, 4.69) is 256 Å². The summed E-state index contributed by atoms with van der Waals surface area (Å²) in [5.74, 6) is 0. The number of benzene rings is 10. The topological polar surface area (TPSA) is 8.17 Å². The van der Waals surface area contributed by atoms with Crippen LogP contribution >= 0.6 is 23.5 Å². The molecule has 4 heteroatoms. The first kappa shape index (κ1) is 41.5. The fourth-order valence-corrected chi connectivity index (χ4v) is 14.5. The summed E-state index contributed by atoms with van der Waals surface area (Å²) in [6.45, 7) is 9.57. The summed E-state index contributed by atoms with van der Waals surface area (Å²) in [4.78, 5) is 7.87. The van der Waals surface area contributed by atoms with E-state index in [-0.39, 0.29) is 10.8 Å². The summed E-state index contributed by atoms with van der Waals surface area (Å²) in [5.41, 5.74) is 22.5. The van der Waals surface area contributed by atoms with Crippen molar-refractivity contribution >= 4 is 62.4 Å². The van der Waals surface area contributed by atoms with Crippen molar-refractivity contribution < 1.29 is 0 Å². The molecule has 2 nitrogen and oxygen atoms in total. The van der Waals surface area contributed by atoms with E-state index in [0.29, 0.717) is 0 Å². The summed E-state index contributed by atoms with van der Waals surface area (Å²) in [5, 5.41) is 2.57. The normalized spacial score (nSPS) is 14.4. The first-order chi connectivity index (χ1) is 34.2. The summed E-state index contributed by atoms with van der Waals surface area (Å²) in [6, 6.07) is 81.3. The maximum atomic E-state index is 2.50. The predicted octanol–water partition coefficient (Wildman–Crippen LogP) is 18.8. The first-order valence-electron chi connectivity index (χ1n) is 24.3. The zero-order valence-electron chi connectivity index (χ0n) is 39.5. The molecule has 0 saturated carbocycles. The molecule has 1 aliphatic heterocycles. The monoisotopic (exact) mass is 932 g/mol. The molecule has 0 amide bonds. The second-order valence-electron chi connectivity index (χ2n) is 20.1. The minimum Gasteiger partial charge on any atom is -0.310 e. The number of hydrogen-bond donors (Lipinski definition) is 0. The molecule has 2 aliphatic carbocycles. The van der Waals surface area contributed by atoms with Crippen LogP contribution in [0.2, 0.25) is 0 Å². The highest BCUT2D eigenvalue weighted by atomic mass is 32.2. The van der Waals surface area contributed by atoms with Gasteiger partial charge in [-0.3, -0.25) is 0 Å². The summed E-state index contributed by atoms with van der Waals surface area (Å²) < 4.78 is 2.48. The van der Waals surface area contributed by atoms with E-state index in [9.17, 15) is 0 Å². The van der Waals surface area contributed by atoms with Gasteiger partial charge in [0.05, 0.1) is 11.0 Å². The highest BCUT2D eigenvalue weighted by Crippen LogP contribution is 2.59. The van der Waals surface area contributed by atoms with Gasteiger partial charge in [-0.2, -0.15) is 0 Å². The minimum absolute atomic E-state index is 0.103. The van der Waals surface area contributed by atoms with Crippen molar-refractivity contribution in [1.82, 2.24) is 4.57 Å².